The summed E-state index contributed by atoms with van der Waals surface area (Å²) in [5.74, 6) is -1.65. The van der Waals surface area contributed by atoms with Gasteiger partial charge in [-0.3, -0.25) is 9.59 Å². The van der Waals surface area contributed by atoms with Crippen LogP contribution in [0.4, 0.5) is 0 Å². The number of carboxylic acid groups (broad SMARTS) is 2. The summed E-state index contributed by atoms with van der Waals surface area (Å²) >= 11 is 0. The fourth-order valence-electron chi connectivity index (χ4n) is 2.49. The Kier molecular flexibility index (Phi) is 25.8. The molecule has 0 aromatic rings. The second-order valence-corrected chi connectivity index (χ2v) is 7.36. The van der Waals surface area contributed by atoms with E-state index in [1.807, 2.05) is 4.90 Å². The maximum Gasteiger partial charge on any atom is 2.00 e. The molecule has 3 N–H and O–H groups in total. The third-order valence-corrected chi connectivity index (χ3v) is 3.86. The number of nitrogens with zero attached hydrogens (tertiary/aromatic N) is 1. The first kappa shape index (κ1) is 32.9. The van der Waals surface area contributed by atoms with Gasteiger partial charge in [0.2, 0.25) is 0 Å². The molecule has 0 heterocycles. The quantitative estimate of drug-likeness (QED) is 0.178. The largest absolute Gasteiger partial charge is 2.00 e. The predicted octanol–water partition coefficient (Wildman–Crippen LogP) is 1.20. The Morgan fingerprint density at radius 2 is 1.11 bits per heavy atom. The summed E-state index contributed by atoms with van der Waals surface area (Å²) in [5.41, 5.74) is 0. The van der Waals surface area contributed by atoms with E-state index in [0.29, 0.717) is 13.1 Å². The maximum absolute atomic E-state index is 10.6. The Hall–Kier alpha value is 0.270. The summed E-state index contributed by atoms with van der Waals surface area (Å²) in [7, 11) is -5.14. The van der Waals surface area contributed by atoms with Crippen LogP contribution in [0.5, 0.6) is 0 Å². The van der Waals surface area contributed by atoms with Crippen molar-refractivity contribution in [3.8, 4) is 0 Å². The summed E-state index contributed by atoms with van der Waals surface area (Å²) in [6, 6.07) is 0. The summed E-state index contributed by atoms with van der Waals surface area (Å²) in [5, 5.41) is 17.5. The van der Waals surface area contributed by atoms with Crippen molar-refractivity contribution in [1.29, 1.82) is 0 Å². The molecule has 0 aliphatic carbocycles. The van der Waals surface area contributed by atoms with Gasteiger partial charge >= 0.3 is 49.7 Å². The molecule has 28 heavy (non-hydrogen) atoms. The van der Waals surface area contributed by atoms with Crippen LogP contribution in [0.25, 0.3) is 0 Å². The number of aliphatic carboxylic acids is 2. The Bertz CT molecular complexity index is 407. The average molecular weight is 452 g/mol. The molecule has 0 aliphatic heterocycles. The molecule has 0 fully saturated rings. The molecule has 0 rings (SSSR count). The van der Waals surface area contributed by atoms with Crippen LogP contribution >= 0.6 is 7.82 Å². The monoisotopic (exact) mass is 451 g/mol. The van der Waals surface area contributed by atoms with Gasteiger partial charge in [0.05, 0.1) is 20.7 Å². The molecule has 9 nitrogen and oxygen atoms in total. The van der Waals surface area contributed by atoms with Crippen LogP contribution in [0, 0.1) is 0 Å². The van der Waals surface area contributed by atoms with Crippen molar-refractivity contribution in [2.45, 2.75) is 77.6 Å². The number of carboxylic acids is 2. The van der Waals surface area contributed by atoms with Crippen molar-refractivity contribution in [3.05, 3.63) is 0 Å². The van der Waals surface area contributed by atoms with Gasteiger partial charge in [-0.05, 0) is 13.0 Å². The zero-order valence-electron chi connectivity index (χ0n) is 16.9. The van der Waals surface area contributed by atoms with E-state index in [1.54, 1.807) is 0 Å². The minimum atomic E-state index is -5.14. The smallest absolute Gasteiger partial charge is 0.790 e. The maximum atomic E-state index is 10.6. The zero-order chi connectivity index (χ0) is 21.1. The number of hydrogen-bond acceptors (Lipinski definition) is 6. The van der Waals surface area contributed by atoms with Gasteiger partial charge in [-0.15, -0.1) is 0 Å². The van der Waals surface area contributed by atoms with Gasteiger partial charge in [0, 0.05) is 13.1 Å². The summed E-state index contributed by atoms with van der Waals surface area (Å²) in [6.07, 6.45) is 11.4. The van der Waals surface area contributed by atoms with Crippen molar-refractivity contribution in [2.24, 2.45) is 0 Å². The molecule has 11 heteroatoms. The molecule has 162 valence electrons. The molecule has 0 aliphatic rings. The Labute approximate surface area is 197 Å². The van der Waals surface area contributed by atoms with E-state index in [4.69, 9.17) is 29.5 Å². The molecule has 0 aromatic heterocycles. The second kappa shape index (κ2) is 22.0. The molecule has 0 aromatic carbocycles. The zero-order valence-corrected chi connectivity index (χ0v) is 20.0. The SMILES string of the molecule is CCCCCCCCCCCN(CCC(=O)O)CCC(=O)O.O=P([O-])([O-])O.[Ca+2]. The third-order valence-electron chi connectivity index (χ3n) is 3.86. The molecular formula is C17H34CaNO8P. The normalized spacial score (nSPS) is 10.8. The van der Waals surface area contributed by atoms with E-state index in [9.17, 15) is 9.59 Å². The summed E-state index contributed by atoms with van der Waals surface area (Å²) in [4.78, 5) is 47.5. The van der Waals surface area contributed by atoms with Gasteiger partial charge in [0.15, 0.2) is 0 Å². The first-order valence-electron chi connectivity index (χ1n) is 9.47. The van der Waals surface area contributed by atoms with Crippen LogP contribution < -0.4 is 9.79 Å². The van der Waals surface area contributed by atoms with E-state index >= 15 is 0 Å². The van der Waals surface area contributed by atoms with E-state index < -0.39 is 19.8 Å². The minimum absolute atomic E-state index is 0. The molecule has 0 radical (unpaired) electrons. The Morgan fingerprint density at radius 3 is 1.43 bits per heavy atom. The van der Waals surface area contributed by atoms with Crippen molar-refractivity contribution >= 4 is 57.5 Å². The number of phosphoric acid groups is 1. The standard InChI is InChI=1S/C17H33NO4.Ca.H3O4P/c1-2-3-4-5-6-7-8-9-10-13-18(14-11-16(19)20)15-12-17(21)22;;1-5(2,3)4/h2-15H2,1H3,(H,19,20)(H,21,22);;(H3,1,2,3,4)/q;+2;/p-2. The Morgan fingerprint density at radius 1 is 0.786 bits per heavy atom. The van der Waals surface area contributed by atoms with E-state index in [0.717, 1.165) is 19.4 Å². The van der Waals surface area contributed by atoms with E-state index in [2.05, 4.69) is 6.92 Å². The first-order valence-corrected chi connectivity index (χ1v) is 11.0. The van der Waals surface area contributed by atoms with Crippen LogP contribution in [-0.2, 0) is 14.2 Å². The van der Waals surface area contributed by atoms with Crippen molar-refractivity contribution < 1.29 is 39.0 Å². The number of unbranched alkanes of at least 4 members (excludes halogenated alkanes) is 8. The van der Waals surface area contributed by atoms with Gasteiger partial charge in [-0.2, -0.15) is 0 Å². The molecule has 0 spiro atoms. The number of carbonyl (C=O) groups is 2. The van der Waals surface area contributed by atoms with Crippen LogP contribution in [0.3, 0.4) is 0 Å². The fourth-order valence-corrected chi connectivity index (χ4v) is 2.49. The van der Waals surface area contributed by atoms with E-state index in [-0.39, 0.29) is 50.6 Å². The third kappa shape index (κ3) is 37.1. The molecule has 0 saturated heterocycles. The van der Waals surface area contributed by atoms with Crippen molar-refractivity contribution in [1.82, 2.24) is 4.90 Å². The van der Waals surface area contributed by atoms with Gasteiger partial charge in [0.1, 0.15) is 0 Å². The van der Waals surface area contributed by atoms with Gasteiger partial charge in [-0.1, -0.05) is 58.3 Å². The van der Waals surface area contributed by atoms with Gasteiger partial charge < -0.3 is 34.4 Å². The topological polar surface area (TPSA) is 161 Å². The number of rotatable bonds is 16. The van der Waals surface area contributed by atoms with Crippen LogP contribution in [0.1, 0.15) is 77.6 Å². The first-order chi connectivity index (χ1) is 12.6. The summed E-state index contributed by atoms with van der Waals surface area (Å²) < 4.78 is 8.66. The molecule has 0 unspecified atom stereocenters. The van der Waals surface area contributed by atoms with Crippen LogP contribution in [0.15, 0.2) is 0 Å². The predicted molar refractivity (Wildman–Crippen MR) is 104 cm³/mol. The molecule has 0 atom stereocenters. The van der Waals surface area contributed by atoms with Crippen molar-refractivity contribution in [3.63, 3.8) is 0 Å². The van der Waals surface area contributed by atoms with Gasteiger partial charge in [-0.25, -0.2) is 0 Å². The number of hydrogen-bond donors (Lipinski definition) is 3. The molecule has 0 amide bonds. The second-order valence-electron chi connectivity index (χ2n) is 6.43. The molecule has 0 saturated carbocycles. The van der Waals surface area contributed by atoms with Crippen molar-refractivity contribution in [2.75, 3.05) is 19.6 Å². The van der Waals surface area contributed by atoms with Crippen LogP contribution in [-0.4, -0.2) is 89.3 Å². The minimum Gasteiger partial charge on any atom is -0.790 e. The summed E-state index contributed by atoms with van der Waals surface area (Å²) in [6.45, 7) is 3.91. The Balaban J connectivity index is -0.000000918. The molecule has 0 bridgehead atoms. The van der Waals surface area contributed by atoms with E-state index in [1.165, 1.54) is 44.9 Å². The van der Waals surface area contributed by atoms with Gasteiger partial charge in [0.25, 0.3) is 0 Å². The van der Waals surface area contributed by atoms with Crippen LogP contribution in [0.2, 0.25) is 0 Å². The molecular weight excluding hydrogens is 417 g/mol. The fraction of sp³-hybridized carbons (Fsp3) is 0.882. The average Bonchev–Trinajstić information content (AvgIpc) is 2.53.